The molecule has 0 fully saturated rings. The minimum absolute atomic E-state index is 0.806. The fraction of sp³-hybridized carbons (Fsp3) is 0.417. The maximum atomic E-state index is 6.06. The molecule has 0 saturated heterocycles. The first-order chi connectivity index (χ1) is 14.8. The van der Waals surface area contributed by atoms with E-state index in [1.54, 1.807) is 22.7 Å². The summed E-state index contributed by atoms with van der Waals surface area (Å²) in [4.78, 5) is 5.14. The van der Waals surface area contributed by atoms with E-state index in [0.29, 0.717) is 0 Å². The van der Waals surface area contributed by atoms with Gasteiger partial charge in [-0.15, -0.1) is 45.3 Å². The quantitative estimate of drug-likeness (QED) is 0.189. The van der Waals surface area contributed by atoms with Crippen LogP contribution in [0, 0.1) is 0 Å². The number of thiophene rings is 4. The molecule has 0 unspecified atom stereocenters. The molecule has 0 atom stereocenters. The Bertz CT molecular complexity index is 941. The predicted octanol–water partition coefficient (Wildman–Crippen LogP) is 9.56. The lowest BCUT2D eigenvalue weighted by atomic mass is 10.3. The smallest absolute Gasteiger partial charge is 0.138 e. The Morgan fingerprint density at radius 1 is 0.667 bits per heavy atom. The van der Waals surface area contributed by atoms with E-state index in [9.17, 15) is 0 Å². The molecule has 0 radical (unpaired) electrons. The highest BCUT2D eigenvalue weighted by atomic mass is 32.1. The number of fused-ring (bicyclic) bond motifs is 1. The van der Waals surface area contributed by atoms with Gasteiger partial charge in [-0.05, 0) is 47.9 Å². The van der Waals surface area contributed by atoms with Crippen molar-refractivity contribution in [3.8, 4) is 31.0 Å². The summed E-state index contributed by atoms with van der Waals surface area (Å²) in [6.45, 7) is 6.06. The highest BCUT2D eigenvalue weighted by Crippen LogP contribution is 2.48. The van der Waals surface area contributed by atoms with Crippen LogP contribution in [-0.2, 0) is 0 Å². The molecule has 4 heterocycles. The number of hydrogen-bond donors (Lipinski definition) is 0. The molecule has 0 N–H and O–H groups in total. The van der Waals surface area contributed by atoms with Gasteiger partial charge in [0, 0.05) is 9.40 Å². The van der Waals surface area contributed by atoms with E-state index in [2.05, 4.69) is 48.9 Å². The number of ether oxygens (including phenoxy) is 2. The third kappa shape index (κ3) is 5.10. The highest BCUT2D eigenvalue weighted by Gasteiger charge is 2.16. The molecule has 0 bridgehead atoms. The van der Waals surface area contributed by atoms with Crippen molar-refractivity contribution < 1.29 is 9.47 Å². The Kier molecular flexibility index (Phi) is 7.88. The molecule has 0 amide bonds. The van der Waals surface area contributed by atoms with Crippen LogP contribution in [0.15, 0.2) is 35.0 Å². The van der Waals surface area contributed by atoms with Gasteiger partial charge in [0.25, 0.3) is 0 Å². The third-order valence-corrected chi connectivity index (χ3v) is 9.37. The first-order valence-corrected chi connectivity index (χ1v) is 14.1. The minimum Gasteiger partial charge on any atom is -0.492 e. The normalized spacial score (nSPS) is 11.4. The average molecular weight is 477 g/mol. The van der Waals surface area contributed by atoms with Crippen LogP contribution in [0.5, 0.6) is 11.5 Å². The molecular weight excluding hydrogens is 449 g/mol. The van der Waals surface area contributed by atoms with E-state index in [0.717, 1.165) is 37.6 Å². The summed E-state index contributed by atoms with van der Waals surface area (Å²) in [5, 5.41) is 4.27. The van der Waals surface area contributed by atoms with Crippen LogP contribution < -0.4 is 9.47 Å². The zero-order valence-electron chi connectivity index (χ0n) is 17.6. The Labute approximate surface area is 195 Å². The van der Waals surface area contributed by atoms with Gasteiger partial charge in [-0.1, -0.05) is 39.5 Å². The molecule has 0 aliphatic rings. The number of unbranched alkanes of at least 4 members (excludes halogenated alkanes) is 4. The van der Waals surface area contributed by atoms with Gasteiger partial charge in [0.05, 0.1) is 32.7 Å². The summed E-state index contributed by atoms with van der Waals surface area (Å²) < 4.78 is 14.8. The molecule has 0 aromatic carbocycles. The van der Waals surface area contributed by atoms with Crippen molar-refractivity contribution in [2.75, 3.05) is 13.2 Å². The average Bonchev–Trinajstić information content (AvgIpc) is 3.51. The van der Waals surface area contributed by atoms with Gasteiger partial charge >= 0.3 is 0 Å². The first kappa shape index (κ1) is 21.9. The molecule has 0 aliphatic carbocycles. The standard InChI is InChI=1S/C24H28O2S4/c1-3-5-7-11-25-17-9-13-27-23(17)21-15-19-20(29-21)16-22(30-19)24-18(10-14-28-24)26-12-8-6-4-2/h9-10,13-16H,3-8,11-12H2,1-2H3. The summed E-state index contributed by atoms with van der Waals surface area (Å²) in [6.07, 6.45) is 7.14. The molecule has 4 aromatic heterocycles. The maximum absolute atomic E-state index is 6.06. The highest BCUT2D eigenvalue weighted by molar-refractivity contribution is 7.33. The number of rotatable bonds is 12. The molecular formula is C24H28O2S4. The molecule has 0 aliphatic heterocycles. The Balaban J connectivity index is 1.48. The van der Waals surface area contributed by atoms with Gasteiger partial charge in [-0.25, -0.2) is 0 Å². The summed E-state index contributed by atoms with van der Waals surface area (Å²) >= 11 is 7.28. The lowest BCUT2D eigenvalue weighted by Crippen LogP contribution is -1.96. The summed E-state index contributed by atoms with van der Waals surface area (Å²) in [7, 11) is 0. The van der Waals surface area contributed by atoms with Crippen LogP contribution in [0.3, 0.4) is 0 Å². The van der Waals surface area contributed by atoms with Crippen LogP contribution in [0.25, 0.3) is 28.9 Å². The lowest BCUT2D eigenvalue weighted by Gasteiger charge is -2.06. The van der Waals surface area contributed by atoms with Gasteiger partial charge in [-0.2, -0.15) is 0 Å². The molecule has 0 saturated carbocycles. The van der Waals surface area contributed by atoms with E-state index in [4.69, 9.17) is 9.47 Å². The second-order valence-corrected chi connectivity index (χ2v) is 11.3. The SMILES string of the molecule is CCCCCOc1ccsc1-c1cc2sc(-c3sccc3OCCCCC)cc2s1. The van der Waals surface area contributed by atoms with Gasteiger partial charge in [-0.3, -0.25) is 0 Å². The molecule has 6 heteroatoms. The van der Waals surface area contributed by atoms with E-state index < -0.39 is 0 Å². The van der Waals surface area contributed by atoms with Crippen LogP contribution in [-0.4, -0.2) is 13.2 Å². The second kappa shape index (κ2) is 10.8. The summed E-state index contributed by atoms with van der Waals surface area (Å²) in [5.74, 6) is 2.07. The van der Waals surface area contributed by atoms with E-state index in [1.165, 1.54) is 54.6 Å². The zero-order valence-corrected chi connectivity index (χ0v) is 20.8. The van der Waals surface area contributed by atoms with Crippen LogP contribution in [0.4, 0.5) is 0 Å². The summed E-state index contributed by atoms with van der Waals surface area (Å²) in [6, 6.07) is 8.88. The fourth-order valence-corrected chi connectivity index (χ4v) is 7.63. The largest absolute Gasteiger partial charge is 0.492 e. The monoisotopic (exact) mass is 476 g/mol. The van der Waals surface area contributed by atoms with Crippen LogP contribution >= 0.6 is 45.3 Å². The zero-order chi connectivity index (χ0) is 20.8. The second-order valence-electron chi connectivity index (χ2n) is 7.29. The Morgan fingerprint density at radius 2 is 1.13 bits per heavy atom. The first-order valence-electron chi connectivity index (χ1n) is 10.7. The van der Waals surface area contributed by atoms with Crippen molar-refractivity contribution in [3.63, 3.8) is 0 Å². The molecule has 2 nitrogen and oxygen atoms in total. The van der Waals surface area contributed by atoms with Crippen molar-refractivity contribution in [1.82, 2.24) is 0 Å². The van der Waals surface area contributed by atoms with Crippen LogP contribution in [0.1, 0.15) is 52.4 Å². The summed E-state index contributed by atoms with van der Waals surface area (Å²) in [5.41, 5.74) is 0. The van der Waals surface area contributed by atoms with Gasteiger partial charge in [0.1, 0.15) is 11.5 Å². The molecule has 4 aromatic rings. The Hall–Kier alpha value is -1.34. The lowest BCUT2D eigenvalue weighted by molar-refractivity contribution is 0.308. The van der Waals surface area contributed by atoms with Gasteiger partial charge in [0.2, 0.25) is 0 Å². The maximum Gasteiger partial charge on any atom is 0.138 e. The van der Waals surface area contributed by atoms with Crippen molar-refractivity contribution in [1.29, 1.82) is 0 Å². The molecule has 0 spiro atoms. The third-order valence-electron chi connectivity index (χ3n) is 4.92. The number of hydrogen-bond acceptors (Lipinski definition) is 6. The molecule has 30 heavy (non-hydrogen) atoms. The van der Waals surface area contributed by atoms with Crippen LogP contribution in [0.2, 0.25) is 0 Å². The predicted molar refractivity (Wildman–Crippen MR) is 136 cm³/mol. The van der Waals surface area contributed by atoms with E-state index in [1.807, 2.05) is 22.7 Å². The van der Waals surface area contributed by atoms with Crippen molar-refractivity contribution >= 4 is 54.7 Å². The minimum atomic E-state index is 0.806. The van der Waals surface area contributed by atoms with Gasteiger partial charge in [0.15, 0.2) is 0 Å². The van der Waals surface area contributed by atoms with Gasteiger partial charge < -0.3 is 9.47 Å². The Morgan fingerprint density at radius 3 is 1.57 bits per heavy atom. The van der Waals surface area contributed by atoms with E-state index in [-0.39, 0.29) is 0 Å². The fourth-order valence-electron chi connectivity index (χ4n) is 3.31. The molecule has 160 valence electrons. The van der Waals surface area contributed by atoms with Crippen molar-refractivity contribution in [2.24, 2.45) is 0 Å². The van der Waals surface area contributed by atoms with E-state index >= 15 is 0 Å². The molecule has 4 rings (SSSR count). The van der Waals surface area contributed by atoms with Crippen molar-refractivity contribution in [2.45, 2.75) is 52.4 Å². The topological polar surface area (TPSA) is 18.5 Å². The van der Waals surface area contributed by atoms with Crippen molar-refractivity contribution in [3.05, 3.63) is 35.0 Å².